The van der Waals surface area contributed by atoms with Crippen LogP contribution in [0.2, 0.25) is 0 Å². The van der Waals surface area contributed by atoms with Crippen molar-refractivity contribution in [1.29, 1.82) is 0 Å². The molecule has 106 valence electrons. The average Bonchev–Trinajstić information content (AvgIpc) is 2.44. The number of rotatable bonds is 3. The molecule has 1 aliphatic rings. The van der Waals surface area contributed by atoms with Crippen LogP contribution in [0.5, 0.6) is 0 Å². The van der Waals surface area contributed by atoms with E-state index in [1.165, 1.54) is 12.1 Å². The summed E-state index contributed by atoms with van der Waals surface area (Å²) in [5.41, 5.74) is 2.21. The molecule has 1 aromatic carbocycles. The molecule has 0 radical (unpaired) electrons. The van der Waals surface area contributed by atoms with Crippen molar-refractivity contribution in [3.05, 3.63) is 35.1 Å². The van der Waals surface area contributed by atoms with E-state index in [4.69, 9.17) is 5.84 Å². The van der Waals surface area contributed by atoms with Gasteiger partial charge in [0.15, 0.2) is 0 Å². The number of hydrazine groups is 1. The molecule has 1 fully saturated rings. The third-order valence-corrected chi connectivity index (χ3v) is 3.15. The van der Waals surface area contributed by atoms with Gasteiger partial charge in [0.25, 0.3) is 5.91 Å². The summed E-state index contributed by atoms with van der Waals surface area (Å²) in [5, 5.41) is 0. The molecule has 6 nitrogen and oxygen atoms in total. The van der Waals surface area contributed by atoms with Crippen LogP contribution >= 0.6 is 0 Å². The molecule has 0 saturated carbocycles. The van der Waals surface area contributed by atoms with Gasteiger partial charge in [0.05, 0.1) is 6.54 Å². The van der Waals surface area contributed by atoms with Crippen molar-refractivity contribution in [2.24, 2.45) is 5.84 Å². The number of imide groups is 1. The normalized spacial score (nSPS) is 15.4. The second kappa shape index (κ2) is 5.79. The number of hydrogen-bond acceptors (Lipinski definition) is 4. The van der Waals surface area contributed by atoms with Crippen LogP contribution in [0.15, 0.2) is 18.2 Å². The van der Waals surface area contributed by atoms with Gasteiger partial charge in [-0.25, -0.2) is 10.2 Å². The number of piperidine rings is 1. The minimum Gasteiger partial charge on any atom is -0.290 e. The molecule has 20 heavy (non-hydrogen) atoms. The van der Waals surface area contributed by atoms with Crippen LogP contribution < -0.4 is 11.3 Å². The summed E-state index contributed by atoms with van der Waals surface area (Å²) in [4.78, 5) is 35.8. The molecular weight excluding hydrogens is 265 g/mol. The summed E-state index contributed by atoms with van der Waals surface area (Å²) in [6.45, 7) is -0.171. The summed E-state index contributed by atoms with van der Waals surface area (Å²) in [7, 11) is 0. The Hall–Kier alpha value is -2.28. The predicted octanol–water partition coefficient (Wildman–Crippen LogP) is 0.468. The van der Waals surface area contributed by atoms with Crippen LogP contribution in [0.3, 0.4) is 0 Å². The third kappa shape index (κ3) is 2.83. The van der Waals surface area contributed by atoms with E-state index in [1.807, 2.05) is 5.43 Å². The number of nitrogen functional groups attached to an aromatic ring is 1. The van der Waals surface area contributed by atoms with Crippen molar-refractivity contribution < 1.29 is 18.8 Å². The zero-order valence-corrected chi connectivity index (χ0v) is 10.7. The zero-order chi connectivity index (χ0) is 14.7. The Morgan fingerprint density at radius 2 is 1.95 bits per heavy atom. The lowest BCUT2D eigenvalue weighted by atomic mass is 10.1. The molecule has 0 bridgehead atoms. The van der Waals surface area contributed by atoms with Gasteiger partial charge in [0.2, 0.25) is 11.8 Å². The van der Waals surface area contributed by atoms with E-state index in [0.29, 0.717) is 6.42 Å². The fraction of sp³-hybridized carbons (Fsp3) is 0.308. The number of benzene rings is 1. The molecule has 0 aliphatic carbocycles. The lowest BCUT2D eigenvalue weighted by Crippen LogP contribution is -2.39. The third-order valence-electron chi connectivity index (χ3n) is 3.15. The SMILES string of the molecule is NNC(=O)c1ccc(F)c(CN2C(=O)CCCC2=O)c1. The van der Waals surface area contributed by atoms with E-state index >= 15 is 0 Å². The standard InChI is InChI=1S/C13H14FN3O3/c14-10-5-4-8(13(20)16-15)6-9(10)7-17-11(18)2-1-3-12(17)19/h4-6H,1-3,7,15H2,(H,16,20). The zero-order valence-electron chi connectivity index (χ0n) is 10.7. The Labute approximate surface area is 114 Å². The van der Waals surface area contributed by atoms with Crippen LogP contribution in [0.25, 0.3) is 0 Å². The number of carbonyl (C=O) groups excluding carboxylic acids is 3. The fourth-order valence-electron chi connectivity index (χ4n) is 2.07. The number of nitrogens with one attached hydrogen (secondary N) is 1. The first-order valence-corrected chi connectivity index (χ1v) is 6.15. The Bertz CT molecular complexity index is 558. The highest BCUT2D eigenvalue weighted by Crippen LogP contribution is 2.18. The summed E-state index contributed by atoms with van der Waals surface area (Å²) >= 11 is 0. The van der Waals surface area contributed by atoms with Gasteiger partial charge in [-0.3, -0.25) is 24.7 Å². The smallest absolute Gasteiger partial charge is 0.265 e. The van der Waals surface area contributed by atoms with E-state index < -0.39 is 11.7 Å². The summed E-state index contributed by atoms with van der Waals surface area (Å²) in [6.07, 6.45) is 1.07. The molecule has 0 aromatic heterocycles. The topological polar surface area (TPSA) is 92.5 Å². The van der Waals surface area contributed by atoms with Gasteiger partial charge in [-0.05, 0) is 24.6 Å². The van der Waals surface area contributed by atoms with Crippen LogP contribution in [-0.4, -0.2) is 22.6 Å². The molecule has 1 aromatic rings. The maximum absolute atomic E-state index is 13.7. The fourth-order valence-corrected chi connectivity index (χ4v) is 2.07. The van der Waals surface area contributed by atoms with Crippen molar-refractivity contribution in [2.75, 3.05) is 0 Å². The molecule has 1 saturated heterocycles. The van der Waals surface area contributed by atoms with Crippen LogP contribution in [-0.2, 0) is 16.1 Å². The molecular formula is C13H14FN3O3. The molecule has 0 atom stereocenters. The van der Waals surface area contributed by atoms with Gasteiger partial charge >= 0.3 is 0 Å². The van der Waals surface area contributed by atoms with Crippen molar-refractivity contribution >= 4 is 17.7 Å². The number of hydrogen-bond donors (Lipinski definition) is 2. The number of amides is 3. The predicted molar refractivity (Wildman–Crippen MR) is 67.5 cm³/mol. The van der Waals surface area contributed by atoms with E-state index in [1.54, 1.807) is 0 Å². The number of nitrogens with zero attached hydrogens (tertiary/aromatic N) is 1. The molecule has 1 aliphatic heterocycles. The Morgan fingerprint density at radius 3 is 2.55 bits per heavy atom. The van der Waals surface area contributed by atoms with Gasteiger partial charge in [0, 0.05) is 24.0 Å². The molecule has 1 heterocycles. The lowest BCUT2D eigenvalue weighted by Gasteiger charge is -2.25. The Kier molecular flexibility index (Phi) is 4.09. The Balaban J connectivity index is 2.25. The molecule has 0 unspecified atom stereocenters. The number of halogens is 1. The second-order valence-electron chi connectivity index (χ2n) is 4.51. The van der Waals surface area contributed by atoms with Crippen LogP contribution in [0.1, 0.15) is 35.2 Å². The first-order valence-electron chi connectivity index (χ1n) is 6.15. The van der Waals surface area contributed by atoms with Crippen LogP contribution in [0, 0.1) is 5.82 Å². The highest BCUT2D eigenvalue weighted by atomic mass is 19.1. The first kappa shape index (κ1) is 14.1. The van der Waals surface area contributed by atoms with Crippen molar-refractivity contribution in [2.45, 2.75) is 25.8 Å². The molecule has 3 amide bonds. The van der Waals surface area contributed by atoms with E-state index in [9.17, 15) is 18.8 Å². The summed E-state index contributed by atoms with van der Waals surface area (Å²) in [5.74, 6) is 3.21. The maximum atomic E-state index is 13.7. The van der Waals surface area contributed by atoms with E-state index in [0.717, 1.165) is 11.0 Å². The number of carbonyl (C=O) groups is 3. The Morgan fingerprint density at radius 1 is 1.30 bits per heavy atom. The summed E-state index contributed by atoms with van der Waals surface area (Å²) < 4.78 is 13.7. The highest BCUT2D eigenvalue weighted by molar-refractivity contribution is 5.97. The summed E-state index contributed by atoms with van der Waals surface area (Å²) in [6, 6.07) is 3.67. The second-order valence-corrected chi connectivity index (χ2v) is 4.51. The molecule has 7 heteroatoms. The van der Waals surface area contributed by atoms with Gasteiger partial charge in [-0.2, -0.15) is 0 Å². The van der Waals surface area contributed by atoms with Crippen molar-refractivity contribution in [3.8, 4) is 0 Å². The van der Waals surface area contributed by atoms with E-state index in [-0.39, 0.29) is 42.3 Å². The van der Waals surface area contributed by atoms with Gasteiger partial charge in [-0.15, -0.1) is 0 Å². The van der Waals surface area contributed by atoms with E-state index in [2.05, 4.69) is 0 Å². The minimum atomic E-state index is -0.579. The maximum Gasteiger partial charge on any atom is 0.265 e. The highest BCUT2D eigenvalue weighted by Gasteiger charge is 2.26. The number of nitrogens with two attached hydrogens (primary N) is 1. The number of likely N-dealkylation sites (tertiary alicyclic amines) is 1. The van der Waals surface area contributed by atoms with Gasteiger partial charge in [0.1, 0.15) is 5.82 Å². The lowest BCUT2D eigenvalue weighted by molar-refractivity contribution is -0.148. The molecule has 3 N–H and O–H groups in total. The van der Waals surface area contributed by atoms with Gasteiger partial charge in [-0.1, -0.05) is 0 Å². The van der Waals surface area contributed by atoms with Crippen molar-refractivity contribution in [3.63, 3.8) is 0 Å². The average molecular weight is 279 g/mol. The quantitative estimate of drug-likeness (QED) is 0.364. The monoisotopic (exact) mass is 279 g/mol. The largest absolute Gasteiger partial charge is 0.290 e. The first-order chi connectivity index (χ1) is 9.52. The molecule has 0 spiro atoms. The molecule has 2 rings (SSSR count). The minimum absolute atomic E-state index is 0.106. The van der Waals surface area contributed by atoms with Crippen LogP contribution in [0.4, 0.5) is 4.39 Å². The van der Waals surface area contributed by atoms with Crippen molar-refractivity contribution in [1.82, 2.24) is 10.3 Å². The van der Waals surface area contributed by atoms with Gasteiger partial charge < -0.3 is 0 Å².